The molecular weight excluding hydrogens is 235 g/mol. The van der Waals surface area contributed by atoms with Crippen LogP contribution in [0.3, 0.4) is 0 Å². The van der Waals surface area contributed by atoms with Crippen molar-refractivity contribution in [3.63, 3.8) is 0 Å². The lowest BCUT2D eigenvalue weighted by atomic mass is 10.1. The summed E-state index contributed by atoms with van der Waals surface area (Å²) in [6.45, 7) is 3.95. The predicted molar refractivity (Wildman–Crippen MR) is 64.7 cm³/mol. The molecule has 0 aliphatic carbocycles. The number of halogens is 1. The van der Waals surface area contributed by atoms with E-state index in [0.717, 1.165) is 12.8 Å². The summed E-state index contributed by atoms with van der Waals surface area (Å²) in [6.07, 6.45) is 1.89. The lowest BCUT2D eigenvalue weighted by Gasteiger charge is -2.31. The molecule has 0 saturated carbocycles. The number of piperidine rings is 1. The van der Waals surface area contributed by atoms with Crippen LogP contribution in [0, 0.1) is 5.95 Å². The van der Waals surface area contributed by atoms with Gasteiger partial charge in [0.15, 0.2) is 0 Å². The summed E-state index contributed by atoms with van der Waals surface area (Å²) >= 11 is 0. The number of rotatable bonds is 3. The number of hydrogen-bond acceptors (Lipinski definition) is 3. The third-order valence-electron chi connectivity index (χ3n) is 3.07. The first-order chi connectivity index (χ1) is 8.70. The topological polar surface area (TPSA) is 42.4 Å². The molecule has 0 unspecified atom stereocenters. The van der Waals surface area contributed by atoms with Crippen LogP contribution in [0.2, 0.25) is 0 Å². The Bertz CT molecular complexity index is 417. The highest BCUT2D eigenvalue weighted by molar-refractivity contribution is 5.92. The highest BCUT2D eigenvalue weighted by Gasteiger charge is 2.24. The first kappa shape index (κ1) is 13.0. The van der Waals surface area contributed by atoms with Crippen LogP contribution < -0.4 is 0 Å². The summed E-state index contributed by atoms with van der Waals surface area (Å²) in [6, 6.07) is 4.28. The average Bonchev–Trinajstić information content (AvgIpc) is 2.39. The molecule has 1 saturated heterocycles. The Morgan fingerprint density at radius 2 is 2.22 bits per heavy atom. The van der Waals surface area contributed by atoms with Crippen LogP contribution in [0.5, 0.6) is 0 Å². The minimum Gasteiger partial charge on any atom is -0.378 e. The number of nitrogens with zero attached hydrogens (tertiary/aromatic N) is 2. The van der Waals surface area contributed by atoms with Gasteiger partial charge in [0, 0.05) is 19.7 Å². The van der Waals surface area contributed by atoms with Crippen LogP contribution in [0.4, 0.5) is 4.39 Å². The van der Waals surface area contributed by atoms with Gasteiger partial charge in [-0.05, 0) is 31.9 Å². The normalized spacial score (nSPS) is 16.9. The number of hydrogen-bond donors (Lipinski definition) is 0. The van der Waals surface area contributed by atoms with Crippen LogP contribution in [-0.4, -0.2) is 41.6 Å². The second-order valence-corrected chi connectivity index (χ2v) is 4.29. The molecule has 0 atom stereocenters. The number of amides is 1. The van der Waals surface area contributed by atoms with Crippen LogP contribution in [0.15, 0.2) is 18.2 Å². The first-order valence-electron chi connectivity index (χ1n) is 6.24. The second-order valence-electron chi connectivity index (χ2n) is 4.29. The molecular formula is C13H17FN2O2. The summed E-state index contributed by atoms with van der Waals surface area (Å²) in [5.41, 5.74) is 0.171. The van der Waals surface area contributed by atoms with E-state index in [-0.39, 0.29) is 17.7 Å². The number of pyridine rings is 1. The van der Waals surface area contributed by atoms with Gasteiger partial charge in [0.25, 0.3) is 5.91 Å². The molecule has 1 aromatic heterocycles. The average molecular weight is 252 g/mol. The highest BCUT2D eigenvalue weighted by Crippen LogP contribution is 2.15. The van der Waals surface area contributed by atoms with Crippen molar-refractivity contribution in [2.24, 2.45) is 0 Å². The van der Waals surface area contributed by atoms with Gasteiger partial charge in [-0.25, -0.2) is 4.98 Å². The van der Waals surface area contributed by atoms with Crippen molar-refractivity contribution in [1.29, 1.82) is 0 Å². The molecule has 5 heteroatoms. The largest absolute Gasteiger partial charge is 0.378 e. The molecule has 0 radical (unpaired) electrons. The third kappa shape index (κ3) is 3.04. The minimum absolute atomic E-state index is 0.171. The van der Waals surface area contributed by atoms with Crippen molar-refractivity contribution in [3.8, 4) is 0 Å². The molecule has 18 heavy (non-hydrogen) atoms. The standard InChI is InChI=1S/C13H17FN2O2/c1-2-18-10-6-8-16(9-7-10)13(17)11-4-3-5-12(14)15-11/h3-5,10H,2,6-9H2,1H3. The van der Waals surface area contributed by atoms with Gasteiger partial charge in [0.1, 0.15) is 5.69 Å². The van der Waals surface area contributed by atoms with Gasteiger partial charge in [0.2, 0.25) is 5.95 Å². The smallest absolute Gasteiger partial charge is 0.272 e. The monoisotopic (exact) mass is 252 g/mol. The highest BCUT2D eigenvalue weighted by atomic mass is 19.1. The summed E-state index contributed by atoms with van der Waals surface area (Å²) in [7, 11) is 0. The Labute approximate surface area is 106 Å². The van der Waals surface area contributed by atoms with E-state index in [9.17, 15) is 9.18 Å². The van der Waals surface area contributed by atoms with Crippen molar-refractivity contribution >= 4 is 5.91 Å². The molecule has 1 fully saturated rings. The van der Waals surface area contributed by atoms with Crippen LogP contribution in [-0.2, 0) is 4.74 Å². The quantitative estimate of drug-likeness (QED) is 0.771. The Kier molecular flexibility index (Phi) is 4.25. The predicted octanol–water partition coefficient (Wildman–Crippen LogP) is 1.86. The van der Waals surface area contributed by atoms with Crippen molar-refractivity contribution in [2.45, 2.75) is 25.9 Å². The molecule has 1 aliphatic rings. The number of ether oxygens (including phenoxy) is 1. The lowest BCUT2D eigenvalue weighted by Crippen LogP contribution is -2.41. The summed E-state index contributed by atoms with van der Waals surface area (Å²) in [5.74, 6) is -0.825. The molecule has 0 N–H and O–H groups in total. The number of aromatic nitrogens is 1. The molecule has 0 bridgehead atoms. The van der Waals surface area contributed by atoms with E-state index in [1.54, 1.807) is 11.0 Å². The zero-order valence-electron chi connectivity index (χ0n) is 10.4. The van der Waals surface area contributed by atoms with E-state index in [4.69, 9.17) is 4.74 Å². The zero-order valence-corrected chi connectivity index (χ0v) is 10.4. The van der Waals surface area contributed by atoms with Crippen molar-refractivity contribution < 1.29 is 13.9 Å². The SMILES string of the molecule is CCOC1CCN(C(=O)c2cccc(F)n2)CC1. The summed E-state index contributed by atoms with van der Waals surface area (Å²) in [5, 5.41) is 0. The lowest BCUT2D eigenvalue weighted by molar-refractivity contribution is 0.0144. The van der Waals surface area contributed by atoms with Gasteiger partial charge >= 0.3 is 0 Å². The maximum Gasteiger partial charge on any atom is 0.272 e. The van der Waals surface area contributed by atoms with Gasteiger partial charge in [-0.2, -0.15) is 4.39 Å². The van der Waals surface area contributed by atoms with Gasteiger partial charge in [-0.3, -0.25) is 4.79 Å². The van der Waals surface area contributed by atoms with E-state index in [0.29, 0.717) is 19.7 Å². The zero-order chi connectivity index (χ0) is 13.0. The Hall–Kier alpha value is -1.49. The fraction of sp³-hybridized carbons (Fsp3) is 0.538. The fourth-order valence-electron chi connectivity index (χ4n) is 2.15. The van der Waals surface area contributed by atoms with Gasteiger partial charge in [-0.15, -0.1) is 0 Å². The third-order valence-corrected chi connectivity index (χ3v) is 3.07. The summed E-state index contributed by atoms with van der Waals surface area (Å²) < 4.78 is 18.5. The van der Waals surface area contributed by atoms with E-state index < -0.39 is 5.95 Å². The summed E-state index contributed by atoms with van der Waals surface area (Å²) in [4.78, 5) is 17.4. The van der Waals surface area contributed by atoms with E-state index in [1.807, 2.05) is 6.92 Å². The number of carbonyl (C=O) groups is 1. The molecule has 0 spiro atoms. The van der Waals surface area contributed by atoms with E-state index in [1.165, 1.54) is 12.1 Å². The van der Waals surface area contributed by atoms with Crippen molar-refractivity contribution in [1.82, 2.24) is 9.88 Å². The first-order valence-corrected chi connectivity index (χ1v) is 6.24. The van der Waals surface area contributed by atoms with Crippen LogP contribution in [0.1, 0.15) is 30.3 Å². The maximum atomic E-state index is 13.0. The molecule has 2 heterocycles. The molecule has 2 rings (SSSR count). The fourth-order valence-corrected chi connectivity index (χ4v) is 2.15. The number of likely N-dealkylation sites (tertiary alicyclic amines) is 1. The number of carbonyl (C=O) groups excluding carboxylic acids is 1. The maximum absolute atomic E-state index is 13.0. The van der Waals surface area contributed by atoms with E-state index in [2.05, 4.69) is 4.98 Å². The molecule has 98 valence electrons. The van der Waals surface area contributed by atoms with Gasteiger partial charge in [-0.1, -0.05) is 6.07 Å². The van der Waals surface area contributed by atoms with Crippen molar-refractivity contribution in [2.75, 3.05) is 19.7 Å². The molecule has 1 amide bonds. The van der Waals surface area contributed by atoms with Crippen LogP contribution in [0.25, 0.3) is 0 Å². The minimum atomic E-state index is -0.620. The molecule has 1 aliphatic heterocycles. The van der Waals surface area contributed by atoms with Gasteiger partial charge < -0.3 is 9.64 Å². The van der Waals surface area contributed by atoms with Crippen LogP contribution >= 0.6 is 0 Å². The Morgan fingerprint density at radius 1 is 1.50 bits per heavy atom. The molecule has 1 aromatic rings. The van der Waals surface area contributed by atoms with Crippen molar-refractivity contribution in [3.05, 3.63) is 29.8 Å². The van der Waals surface area contributed by atoms with E-state index >= 15 is 0 Å². The second kappa shape index (κ2) is 5.91. The Balaban J connectivity index is 1.95. The molecule has 0 aromatic carbocycles. The van der Waals surface area contributed by atoms with Gasteiger partial charge in [0.05, 0.1) is 6.10 Å². The Morgan fingerprint density at radius 3 is 2.83 bits per heavy atom. The molecule has 4 nitrogen and oxygen atoms in total.